The van der Waals surface area contributed by atoms with Crippen molar-refractivity contribution in [2.45, 2.75) is 38.1 Å². The molecule has 2 saturated heterocycles. The number of cyclic esters (lactones) is 1. The first-order valence-corrected chi connectivity index (χ1v) is 13.3. The third-order valence-corrected chi connectivity index (χ3v) is 7.01. The molecule has 1 N–H and O–H groups in total. The van der Waals surface area contributed by atoms with Gasteiger partial charge in [-0.25, -0.2) is 14.5 Å². The molecule has 0 aliphatic carbocycles. The summed E-state index contributed by atoms with van der Waals surface area (Å²) in [5.41, 5.74) is 1.35. The molecular weight excluding hydrogens is 564 g/mol. The van der Waals surface area contributed by atoms with Crippen molar-refractivity contribution in [2.75, 3.05) is 33.5 Å². The monoisotopic (exact) mass is 591 g/mol. The van der Waals surface area contributed by atoms with Gasteiger partial charge < -0.3 is 29.2 Å². The van der Waals surface area contributed by atoms with E-state index in [-0.39, 0.29) is 73.1 Å². The third-order valence-electron chi connectivity index (χ3n) is 6.76. The first-order chi connectivity index (χ1) is 19.8. The van der Waals surface area contributed by atoms with Crippen LogP contribution in [0.2, 0.25) is 5.02 Å². The lowest BCUT2D eigenvalue weighted by Gasteiger charge is -2.33. The number of methoxy groups -OCH3 is 1. The topological polar surface area (TPSA) is 117 Å². The molecule has 218 valence electrons. The Kier molecular flexibility index (Phi) is 8.84. The summed E-state index contributed by atoms with van der Waals surface area (Å²) >= 11 is 5.96. The third kappa shape index (κ3) is 6.68. The Labute approximate surface area is 239 Å². The number of alkyl halides is 2. The minimum Gasteiger partial charge on any atom is -0.488 e. The Bertz CT molecular complexity index is 1390. The van der Waals surface area contributed by atoms with E-state index in [2.05, 4.69) is 15.4 Å². The molecule has 2 amide bonds. The van der Waals surface area contributed by atoms with Gasteiger partial charge in [-0.05, 0) is 17.7 Å². The number of amides is 2. The summed E-state index contributed by atoms with van der Waals surface area (Å²) in [7, 11) is 1.51. The highest BCUT2D eigenvalue weighted by Crippen LogP contribution is 2.36. The number of benzene rings is 1. The summed E-state index contributed by atoms with van der Waals surface area (Å²) in [6.45, 7) is -1.63. The van der Waals surface area contributed by atoms with Gasteiger partial charge in [-0.3, -0.25) is 4.79 Å². The van der Waals surface area contributed by atoms with Crippen molar-refractivity contribution in [1.29, 1.82) is 0 Å². The van der Waals surface area contributed by atoms with E-state index in [1.165, 1.54) is 19.4 Å². The number of carbonyl (C=O) groups is 2. The Morgan fingerprint density at radius 1 is 1.27 bits per heavy atom. The number of hydrogen-bond donors (Lipinski definition) is 1. The second kappa shape index (κ2) is 12.7. The van der Waals surface area contributed by atoms with Gasteiger partial charge in [-0.15, -0.1) is 0 Å². The lowest BCUT2D eigenvalue weighted by molar-refractivity contribution is 0.0566. The van der Waals surface area contributed by atoms with E-state index in [1.54, 1.807) is 29.2 Å². The Hall–Kier alpha value is -3.97. The quantitative estimate of drug-likeness (QED) is 0.328. The van der Waals surface area contributed by atoms with Crippen LogP contribution in [0.3, 0.4) is 0 Å². The van der Waals surface area contributed by atoms with E-state index < -0.39 is 12.5 Å². The fourth-order valence-electron chi connectivity index (χ4n) is 4.67. The second-order valence-corrected chi connectivity index (χ2v) is 9.95. The van der Waals surface area contributed by atoms with Gasteiger partial charge in [0, 0.05) is 55.9 Å². The molecule has 2 atom stereocenters. The van der Waals surface area contributed by atoms with Crippen LogP contribution in [-0.4, -0.2) is 77.3 Å². The highest BCUT2D eigenvalue weighted by atomic mass is 35.5. The lowest BCUT2D eigenvalue weighted by Crippen LogP contribution is -2.44. The molecule has 2 aliphatic rings. The summed E-state index contributed by atoms with van der Waals surface area (Å²) in [5.74, 6) is -0.310. The molecule has 0 unspecified atom stereocenters. The number of fused-ring (bicyclic) bond motifs is 1. The number of rotatable bonds is 11. The lowest BCUT2D eigenvalue weighted by atomic mass is 10.0. The van der Waals surface area contributed by atoms with Crippen molar-refractivity contribution < 1.29 is 37.3 Å². The summed E-state index contributed by atoms with van der Waals surface area (Å²) < 4.78 is 49.5. The fraction of sp³-hybridized carbons (Fsp3) is 0.407. The van der Waals surface area contributed by atoms with Crippen molar-refractivity contribution in [2.24, 2.45) is 0 Å². The van der Waals surface area contributed by atoms with Gasteiger partial charge in [0.1, 0.15) is 36.3 Å². The van der Waals surface area contributed by atoms with Gasteiger partial charge >= 0.3 is 12.6 Å². The number of aromatic nitrogens is 3. The minimum atomic E-state index is -2.85. The highest BCUT2D eigenvalue weighted by molar-refractivity contribution is 6.30. The molecule has 11 nitrogen and oxygen atoms in total. The predicted octanol–water partition coefficient (Wildman–Crippen LogP) is 4.31. The number of hydrogen-bond acceptors (Lipinski definition) is 8. The van der Waals surface area contributed by atoms with Crippen LogP contribution in [0.4, 0.5) is 13.6 Å². The van der Waals surface area contributed by atoms with Crippen molar-refractivity contribution >= 4 is 23.6 Å². The number of carbonyl (C=O) groups excluding carboxylic acids is 2. The van der Waals surface area contributed by atoms with Crippen molar-refractivity contribution in [3.05, 3.63) is 58.9 Å². The molecule has 4 heterocycles. The Morgan fingerprint density at radius 2 is 2.07 bits per heavy atom. The van der Waals surface area contributed by atoms with Gasteiger partial charge in [-0.1, -0.05) is 23.7 Å². The van der Waals surface area contributed by atoms with Crippen LogP contribution < -0.4 is 14.8 Å². The maximum absolute atomic E-state index is 13.4. The van der Waals surface area contributed by atoms with Gasteiger partial charge in [0.05, 0.1) is 18.8 Å². The normalized spacial score (nSPS) is 18.3. The number of halogens is 3. The maximum Gasteiger partial charge on any atom is 0.410 e. The van der Waals surface area contributed by atoms with E-state index in [0.717, 1.165) is 11.8 Å². The van der Waals surface area contributed by atoms with E-state index in [1.807, 2.05) is 0 Å². The average Bonchev–Trinajstić information content (AvgIpc) is 3.60. The summed E-state index contributed by atoms with van der Waals surface area (Å²) in [5, 5.41) is 7.14. The van der Waals surface area contributed by atoms with Crippen LogP contribution in [0.5, 0.6) is 11.6 Å². The number of ether oxygens (including phenoxy) is 4. The van der Waals surface area contributed by atoms with Crippen LogP contribution in [0.1, 0.15) is 35.3 Å². The molecule has 0 bridgehead atoms. The predicted molar refractivity (Wildman–Crippen MR) is 142 cm³/mol. The number of piperidine rings is 1. The first kappa shape index (κ1) is 28.6. The summed E-state index contributed by atoms with van der Waals surface area (Å²) in [6.07, 6.45) is 2.68. The summed E-state index contributed by atoms with van der Waals surface area (Å²) in [6, 6.07) is 8.37. The van der Waals surface area contributed by atoms with Crippen molar-refractivity contribution in [1.82, 2.24) is 25.0 Å². The fourth-order valence-corrected chi connectivity index (χ4v) is 4.79. The number of nitrogens with one attached hydrogen (secondary N) is 1. The number of pyridine rings is 1. The molecule has 41 heavy (non-hydrogen) atoms. The zero-order valence-electron chi connectivity index (χ0n) is 22.1. The average molecular weight is 592 g/mol. The van der Waals surface area contributed by atoms with Crippen LogP contribution in [0.15, 0.2) is 42.7 Å². The van der Waals surface area contributed by atoms with E-state index >= 15 is 0 Å². The second-order valence-electron chi connectivity index (χ2n) is 9.51. The maximum atomic E-state index is 13.4. The zero-order chi connectivity index (χ0) is 28.9. The van der Waals surface area contributed by atoms with E-state index in [9.17, 15) is 18.4 Å². The van der Waals surface area contributed by atoms with Gasteiger partial charge in [0.25, 0.3) is 5.91 Å². The van der Waals surface area contributed by atoms with Crippen molar-refractivity contribution in [3.8, 4) is 22.9 Å². The molecule has 2 aliphatic heterocycles. The Balaban J connectivity index is 1.47. The smallest absolute Gasteiger partial charge is 0.410 e. The molecule has 5 rings (SSSR count). The van der Waals surface area contributed by atoms with Gasteiger partial charge in [0.15, 0.2) is 0 Å². The first-order valence-electron chi connectivity index (χ1n) is 12.9. The number of nitrogens with zero attached hydrogens (tertiary/aromatic N) is 4. The molecule has 2 fully saturated rings. The summed E-state index contributed by atoms with van der Waals surface area (Å²) in [4.78, 5) is 31.5. The van der Waals surface area contributed by atoms with E-state index in [0.29, 0.717) is 29.1 Å². The molecule has 1 aromatic carbocycles. The zero-order valence-corrected chi connectivity index (χ0v) is 22.9. The van der Waals surface area contributed by atoms with Crippen LogP contribution in [0.25, 0.3) is 11.3 Å². The molecule has 0 spiro atoms. The minimum absolute atomic E-state index is 0.0209. The highest BCUT2D eigenvalue weighted by Gasteiger charge is 2.39. The largest absolute Gasteiger partial charge is 0.488 e. The molecular formula is C27H28ClF2N5O6. The van der Waals surface area contributed by atoms with Gasteiger partial charge in [0.2, 0.25) is 5.88 Å². The van der Waals surface area contributed by atoms with Crippen LogP contribution in [0, 0.1) is 0 Å². The molecule has 2 aromatic heterocycles. The van der Waals surface area contributed by atoms with Gasteiger partial charge in [-0.2, -0.15) is 13.9 Å². The molecule has 14 heteroatoms. The molecule has 3 aromatic rings. The van der Waals surface area contributed by atoms with E-state index in [4.69, 9.17) is 30.5 Å². The van der Waals surface area contributed by atoms with Crippen molar-refractivity contribution in [3.63, 3.8) is 0 Å². The SMILES string of the molecule is COCCOc1nc(-c2cnn(C(F)F)c2)c(O[C@H]2CCN3C(=O)OC[C@@H]3C2)cc1C(=O)NCc1ccc(Cl)cc1. The molecule has 0 saturated carbocycles. The Morgan fingerprint density at radius 3 is 2.80 bits per heavy atom. The van der Waals surface area contributed by atoms with Crippen LogP contribution in [-0.2, 0) is 16.0 Å². The molecule has 0 radical (unpaired) electrons. The van der Waals surface area contributed by atoms with Crippen LogP contribution >= 0.6 is 11.6 Å². The standard InChI is InChI=1S/C27H28ClF2N5O6/c1-38-8-9-39-25-21(24(36)31-12-16-2-4-18(28)5-3-16)11-22(23(33-25)17-13-32-35(14-17)26(29)30)41-20-6-7-34-19(10-20)15-40-27(34)37/h2-5,11,13-14,19-20,26H,6-10,12,15H2,1H3,(H,31,36)/t19-,20-/m0/s1.